The quantitative estimate of drug-likeness (QED) is 0.697. The van der Waals surface area contributed by atoms with E-state index < -0.39 is 0 Å². The Morgan fingerprint density at radius 1 is 1.60 bits per heavy atom. The molecule has 0 aromatic heterocycles. The lowest BCUT2D eigenvalue weighted by atomic mass is 10.0. The first-order chi connectivity index (χ1) is 7.04. The van der Waals surface area contributed by atoms with Crippen LogP contribution in [0.2, 0.25) is 0 Å². The molecule has 0 aromatic rings. The normalized spacial score (nSPS) is 26.3. The summed E-state index contributed by atoms with van der Waals surface area (Å²) in [5.74, 6) is 0.442. The third kappa shape index (κ3) is 3.47. The minimum Gasteiger partial charge on any atom is -0.469 e. The number of nitrogens with zero attached hydrogens (tertiary/aromatic N) is 1. The van der Waals surface area contributed by atoms with Crippen LogP contribution in [0.5, 0.6) is 0 Å². The molecule has 1 heterocycles. The molecular formula is C11H22N2O2. The van der Waals surface area contributed by atoms with Gasteiger partial charge in [0.1, 0.15) is 0 Å². The molecular weight excluding hydrogens is 192 g/mol. The van der Waals surface area contributed by atoms with Gasteiger partial charge in [-0.1, -0.05) is 0 Å². The summed E-state index contributed by atoms with van der Waals surface area (Å²) >= 11 is 0. The number of rotatable bonds is 4. The Labute approximate surface area is 91.8 Å². The minimum atomic E-state index is -0.133. The molecule has 0 spiro atoms. The highest BCUT2D eigenvalue weighted by Gasteiger charge is 2.28. The van der Waals surface area contributed by atoms with Crippen LogP contribution in [0.1, 0.15) is 26.7 Å². The van der Waals surface area contributed by atoms with Crippen LogP contribution in [-0.2, 0) is 9.53 Å². The Kier molecular flexibility index (Phi) is 4.54. The van der Waals surface area contributed by atoms with Crippen molar-refractivity contribution in [1.29, 1.82) is 0 Å². The van der Waals surface area contributed by atoms with Gasteiger partial charge >= 0.3 is 5.97 Å². The summed E-state index contributed by atoms with van der Waals surface area (Å²) in [6.45, 7) is 6.18. The van der Waals surface area contributed by atoms with E-state index >= 15 is 0 Å². The van der Waals surface area contributed by atoms with Gasteiger partial charge in [-0.05, 0) is 32.7 Å². The number of esters is 1. The molecule has 0 aromatic carbocycles. The van der Waals surface area contributed by atoms with E-state index in [1.54, 1.807) is 0 Å². The number of nitrogens with two attached hydrogens (primary N) is 1. The number of ether oxygens (including phenoxy) is 1. The van der Waals surface area contributed by atoms with Crippen LogP contribution >= 0.6 is 0 Å². The van der Waals surface area contributed by atoms with E-state index in [0.717, 1.165) is 19.5 Å². The van der Waals surface area contributed by atoms with Crippen molar-refractivity contribution in [3.8, 4) is 0 Å². The second-order valence-electron chi connectivity index (χ2n) is 4.53. The molecule has 15 heavy (non-hydrogen) atoms. The summed E-state index contributed by atoms with van der Waals surface area (Å²) in [5.41, 5.74) is 5.87. The Morgan fingerprint density at radius 3 is 2.73 bits per heavy atom. The van der Waals surface area contributed by atoms with E-state index in [1.807, 2.05) is 0 Å². The molecule has 1 aliphatic heterocycles. The predicted octanol–water partition coefficient (Wildman–Crippen LogP) is 0.607. The molecule has 0 saturated carbocycles. The van der Waals surface area contributed by atoms with Crippen molar-refractivity contribution in [2.45, 2.75) is 38.8 Å². The van der Waals surface area contributed by atoms with Crippen molar-refractivity contribution in [3.05, 3.63) is 0 Å². The lowest BCUT2D eigenvalue weighted by Crippen LogP contribution is -2.35. The second kappa shape index (κ2) is 5.47. The van der Waals surface area contributed by atoms with Gasteiger partial charge in [-0.3, -0.25) is 9.69 Å². The maximum Gasteiger partial charge on any atom is 0.307 e. The molecule has 2 N–H and O–H groups in total. The zero-order valence-electron chi connectivity index (χ0n) is 9.90. The molecule has 4 nitrogen and oxygen atoms in total. The van der Waals surface area contributed by atoms with Gasteiger partial charge in [0.2, 0.25) is 0 Å². The average Bonchev–Trinajstić information content (AvgIpc) is 2.66. The Bertz CT molecular complexity index is 219. The largest absolute Gasteiger partial charge is 0.469 e. The first kappa shape index (κ1) is 12.5. The maximum absolute atomic E-state index is 11.1. The molecule has 0 aliphatic carbocycles. The summed E-state index contributed by atoms with van der Waals surface area (Å²) in [7, 11) is 1.43. The average molecular weight is 214 g/mol. The molecule has 0 amide bonds. The summed E-state index contributed by atoms with van der Waals surface area (Å²) < 4.78 is 4.66. The van der Waals surface area contributed by atoms with Crippen LogP contribution in [-0.4, -0.2) is 43.2 Å². The van der Waals surface area contributed by atoms with E-state index in [9.17, 15) is 4.79 Å². The zero-order chi connectivity index (χ0) is 11.4. The monoisotopic (exact) mass is 214 g/mol. The highest BCUT2D eigenvalue weighted by Crippen LogP contribution is 2.21. The fourth-order valence-electron chi connectivity index (χ4n) is 2.10. The smallest absolute Gasteiger partial charge is 0.307 e. The van der Waals surface area contributed by atoms with Gasteiger partial charge in [0.15, 0.2) is 0 Å². The van der Waals surface area contributed by atoms with E-state index in [0.29, 0.717) is 12.3 Å². The summed E-state index contributed by atoms with van der Waals surface area (Å²) in [4.78, 5) is 13.4. The van der Waals surface area contributed by atoms with Crippen molar-refractivity contribution in [1.82, 2.24) is 4.90 Å². The SMILES string of the molecule is COC(=O)CC(C)N1CCC(C(C)N)C1. The summed E-state index contributed by atoms with van der Waals surface area (Å²) in [5, 5.41) is 0. The number of likely N-dealkylation sites (tertiary alicyclic amines) is 1. The van der Waals surface area contributed by atoms with Crippen LogP contribution < -0.4 is 5.73 Å². The first-order valence-electron chi connectivity index (χ1n) is 5.61. The van der Waals surface area contributed by atoms with E-state index in [2.05, 4.69) is 23.5 Å². The van der Waals surface area contributed by atoms with Crippen molar-refractivity contribution in [2.24, 2.45) is 11.7 Å². The number of carbonyl (C=O) groups is 1. The lowest BCUT2D eigenvalue weighted by Gasteiger charge is -2.24. The van der Waals surface area contributed by atoms with Gasteiger partial charge in [-0.25, -0.2) is 0 Å². The Balaban J connectivity index is 2.36. The topological polar surface area (TPSA) is 55.6 Å². The van der Waals surface area contributed by atoms with E-state index in [1.165, 1.54) is 7.11 Å². The lowest BCUT2D eigenvalue weighted by molar-refractivity contribution is -0.141. The predicted molar refractivity (Wildman–Crippen MR) is 59.4 cm³/mol. The molecule has 0 radical (unpaired) electrons. The van der Waals surface area contributed by atoms with Crippen molar-refractivity contribution < 1.29 is 9.53 Å². The van der Waals surface area contributed by atoms with Gasteiger partial charge in [0, 0.05) is 18.6 Å². The molecule has 3 atom stereocenters. The highest BCUT2D eigenvalue weighted by molar-refractivity contribution is 5.69. The number of hydrogen-bond acceptors (Lipinski definition) is 4. The van der Waals surface area contributed by atoms with Gasteiger partial charge in [-0.15, -0.1) is 0 Å². The second-order valence-corrected chi connectivity index (χ2v) is 4.53. The van der Waals surface area contributed by atoms with Crippen LogP contribution in [0, 0.1) is 5.92 Å². The fourth-order valence-corrected chi connectivity index (χ4v) is 2.10. The van der Waals surface area contributed by atoms with Gasteiger partial charge < -0.3 is 10.5 Å². The molecule has 0 bridgehead atoms. The van der Waals surface area contributed by atoms with E-state index in [-0.39, 0.29) is 18.1 Å². The molecule has 1 fully saturated rings. The highest BCUT2D eigenvalue weighted by atomic mass is 16.5. The van der Waals surface area contributed by atoms with Crippen molar-refractivity contribution in [3.63, 3.8) is 0 Å². The first-order valence-corrected chi connectivity index (χ1v) is 5.61. The van der Waals surface area contributed by atoms with Crippen molar-refractivity contribution >= 4 is 5.97 Å². The molecule has 1 aliphatic rings. The van der Waals surface area contributed by atoms with Crippen LogP contribution in [0.15, 0.2) is 0 Å². The number of methoxy groups -OCH3 is 1. The molecule has 1 rings (SSSR count). The third-order valence-corrected chi connectivity index (χ3v) is 3.31. The van der Waals surface area contributed by atoms with Crippen molar-refractivity contribution in [2.75, 3.05) is 20.2 Å². The molecule has 88 valence electrons. The zero-order valence-corrected chi connectivity index (χ0v) is 9.90. The van der Waals surface area contributed by atoms with Gasteiger partial charge in [0.05, 0.1) is 13.5 Å². The van der Waals surface area contributed by atoms with Crippen LogP contribution in [0.4, 0.5) is 0 Å². The Hall–Kier alpha value is -0.610. The van der Waals surface area contributed by atoms with Crippen LogP contribution in [0.25, 0.3) is 0 Å². The number of carbonyl (C=O) groups excluding carboxylic acids is 1. The molecule has 1 saturated heterocycles. The van der Waals surface area contributed by atoms with Gasteiger partial charge in [-0.2, -0.15) is 0 Å². The van der Waals surface area contributed by atoms with E-state index in [4.69, 9.17) is 5.73 Å². The van der Waals surface area contributed by atoms with Gasteiger partial charge in [0.25, 0.3) is 0 Å². The van der Waals surface area contributed by atoms with Crippen LogP contribution in [0.3, 0.4) is 0 Å². The molecule has 4 heteroatoms. The number of hydrogen-bond donors (Lipinski definition) is 1. The summed E-state index contributed by atoms with van der Waals surface area (Å²) in [6, 6.07) is 0.515. The maximum atomic E-state index is 11.1. The summed E-state index contributed by atoms with van der Waals surface area (Å²) in [6.07, 6.45) is 1.62. The fraction of sp³-hybridized carbons (Fsp3) is 0.909. The standard InChI is InChI=1S/C11H22N2O2/c1-8(6-11(14)15-3)13-5-4-10(7-13)9(2)12/h8-10H,4-7,12H2,1-3H3. The Morgan fingerprint density at radius 2 is 2.27 bits per heavy atom. The third-order valence-electron chi connectivity index (χ3n) is 3.31. The molecule has 3 unspecified atom stereocenters. The minimum absolute atomic E-state index is 0.133.